The van der Waals surface area contributed by atoms with Gasteiger partial charge in [0.25, 0.3) is 0 Å². The van der Waals surface area contributed by atoms with Crippen molar-refractivity contribution in [3.63, 3.8) is 0 Å². The van der Waals surface area contributed by atoms with E-state index in [-0.39, 0.29) is 30.1 Å². The minimum atomic E-state index is -0.0892. The van der Waals surface area contributed by atoms with Gasteiger partial charge in [-0.15, -0.1) is 0 Å². The quantitative estimate of drug-likeness (QED) is 0.515. The Kier molecular flexibility index (Phi) is 1.79. The minimum Gasteiger partial charge on any atom is -0.311 e. The molecule has 2 unspecified atom stereocenters. The molecule has 2 heterocycles. The molecule has 0 aromatic rings. The van der Waals surface area contributed by atoms with Crippen molar-refractivity contribution in [1.82, 2.24) is 4.90 Å². The Labute approximate surface area is 76.7 Å². The second-order valence-electron chi connectivity index (χ2n) is 3.45. The number of amides is 1. The molecule has 1 fully saturated rings. The van der Waals surface area contributed by atoms with Crippen LogP contribution in [0.15, 0.2) is 24.4 Å². The highest BCUT2D eigenvalue weighted by atomic mass is 16.2. The van der Waals surface area contributed by atoms with Gasteiger partial charge in [-0.05, 0) is 6.08 Å². The van der Waals surface area contributed by atoms with Crippen molar-refractivity contribution in [2.75, 3.05) is 0 Å². The topological polar surface area (TPSA) is 37.4 Å². The normalized spacial score (nSPS) is 32.2. The summed E-state index contributed by atoms with van der Waals surface area (Å²) in [6, 6.07) is -0.0567. The van der Waals surface area contributed by atoms with Gasteiger partial charge in [-0.25, -0.2) is 0 Å². The van der Waals surface area contributed by atoms with Crippen LogP contribution < -0.4 is 0 Å². The minimum absolute atomic E-state index is 0.0474. The van der Waals surface area contributed by atoms with Crippen LogP contribution in [0.4, 0.5) is 0 Å². The fourth-order valence-corrected chi connectivity index (χ4v) is 1.76. The molecule has 68 valence electrons. The molecule has 13 heavy (non-hydrogen) atoms. The molecule has 0 aromatic carbocycles. The number of hydrogen-bond acceptors (Lipinski definition) is 2. The number of carbonyl (C=O) groups is 2. The third-order valence-electron chi connectivity index (χ3n) is 2.62. The molecule has 2 aliphatic heterocycles. The van der Waals surface area contributed by atoms with Crippen LogP contribution in [-0.4, -0.2) is 22.6 Å². The fraction of sp³-hybridized carbons (Fsp3) is 0.400. The van der Waals surface area contributed by atoms with Crippen LogP contribution in [0.1, 0.15) is 13.3 Å². The third-order valence-corrected chi connectivity index (χ3v) is 2.62. The zero-order valence-electron chi connectivity index (χ0n) is 7.43. The molecule has 3 heteroatoms. The first-order valence-electron chi connectivity index (χ1n) is 4.39. The number of allylic oxidation sites excluding steroid dienone is 2. The van der Waals surface area contributed by atoms with Crippen LogP contribution in [-0.2, 0) is 9.59 Å². The number of rotatable bonds is 0. The van der Waals surface area contributed by atoms with Crippen molar-refractivity contribution in [1.29, 1.82) is 0 Å². The molecule has 0 bridgehead atoms. The lowest BCUT2D eigenvalue weighted by Crippen LogP contribution is -2.48. The average Bonchev–Trinajstić information content (AvgIpc) is 2.15. The Morgan fingerprint density at radius 1 is 1.38 bits per heavy atom. The average molecular weight is 177 g/mol. The van der Waals surface area contributed by atoms with Crippen LogP contribution in [0.3, 0.4) is 0 Å². The van der Waals surface area contributed by atoms with Crippen molar-refractivity contribution in [2.45, 2.75) is 19.4 Å². The van der Waals surface area contributed by atoms with Crippen molar-refractivity contribution in [3.8, 4) is 0 Å². The maximum absolute atomic E-state index is 11.4. The molecule has 2 aliphatic rings. The molecular formula is C10H11NO2. The van der Waals surface area contributed by atoms with Crippen molar-refractivity contribution in [2.24, 2.45) is 5.92 Å². The molecule has 1 saturated heterocycles. The molecule has 0 aliphatic carbocycles. The Balaban J connectivity index is 2.32. The first-order chi connectivity index (χ1) is 6.20. The number of Topliss-reactive ketones (excluding diaryl/α,β-unsaturated/α-hetero) is 1. The zero-order chi connectivity index (χ0) is 9.42. The van der Waals surface area contributed by atoms with Crippen LogP contribution >= 0.6 is 0 Å². The van der Waals surface area contributed by atoms with E-state index in [1.54, 1.807) is 11.1 Å². The Bertz CT molecular complexity index is 317. The molecule has 1 amide bonds. The number of fused-ring (bicyclic) bond motifs is 1. The summed E-state index contributed by atoms with van der Waals surface area (Å²) in [7, 11) is 0. The highest BCUT2D eigenvalue weighted by molar-refractivity contribution is 6.02. The Morgan fingerprint density at radius 3 is 2.92 bits per heavy atom. The first kappa shape index (κ1) is 8.23. The lowest BCUT2D eigenvalue weighted by Gasteiger charge is -2.36. The first-order valence-corrected chi connectivity index (χ1v) is 4.39. The number of hydrogen-bond donors (Lipinski definition) is 0. The predicted octanol–water partition coefficient (Wildman–Crippen LogP) is 0.876. The molecular weight excluding hydrogens is 166 g/mol. The van der Waals surface area contributed by atoms with E-state index in [9.17, 15) is 9.59 Å². The number of nitrogens with zero attached hydrogens (tertiary/aromatic N) is 1. The van der Waals surface area contributed by atoms with Gasteiger partial charge in [0.15, 0.2) is 0 Å². The molecule has 3 nitrogen and oxygen atoms in total. The summed E-state index contributed by atoms with van der Waals surface area (Å²) in [4.78, 5) is 24.4. The number of ketones is 1. The second kappa shape index (κ2) is 2.83. The van der Waals surface area contributed by atoms with Gasteiger partial charge in [0.1, 0.15) is 5.78 Å². The van der Waals surface area contributed by atoms with Gasteiger partial charge < -0.3 is 4.90 Å². The number of carbonyl (C=O) groups excluding carboxylic acids is 2. The van der Waals surface area contributed by atoms with Gasteiger partial charge >= 0.3 is 0 Å². The van der Waals surface area contributed by atoms with Gasteiger partial charge in [-0.3, -0.25) is 9.59 Å². The van der Waals surface area contributed by atoms with E-state index in [1.165, 1.54) is 0 Å². The van der Waals surface area contributed by atoms with Crippen LogP contribution in [0.2, 0.25) is 0 Å². The monoisotopic (exact) mass is 177 g/mol. The SMILES string of the molecule is CC1C(=O)CC(=O)N2C=CC=CC12. The molecule has 2 rings (SSSR count). The van der Waals surface area contributed by atoms with Crippen molar-refractivity contribution in [3.05, 3.63) is 24.4 Å². The Hall–Kier alpha value is -1.38. The fourth-order valence-electron chi connectivity index (χ4n) is 1.76. The van der Waals surface area contributed by atoms with Gasteiger partial charge in [0.2, 0.25) is 5.91 Å². The summed E-state index contributed by atoms with van der Waals surface area (Å²) in [5.41, 5.74) is 0. The van der Waals surface area contributed by atoms with Gasteiger partial charge in [-0.1, -0.05) is 19.1 Å². The summed E-state index contributed by atoms with van der Waals surface area (Å²) < 4.78 is 0. The maximum Gasteiger partial charge on any atom is 0.234 e. The summed E-state index contributed by atoms with van der Waals surface area (Å²) >= 11 is 0. The maximum atomic E-state index is 11.4. The smallest absolute Gasteiger partial charge is 0.234 e. The van der Waals surface area contributed by atoms with E-state index in [4.69, 9.17) is 0 Å². The van der Waals surface area contributed by atoms with E-state index < -0.39 is 0 Å². The third kappa shape index (κ3) is 1.20. The van der Waals surface area contributed by atoms with Crippen LogP contribution in [0, 0.1) is 5.92 Å². The van der Waals surface area contributed by atoms with Gasteiger partial charge in [0, 0.05) is 12.1 Å². The standard InChI is InChI=1S/C10H11NO2/c1-7-8-4-2-3-5-11(8)10(13)6-9(7)12/h2-5,7-8H,6H2,1H3. The summed E-state index contributed by atoms with van der Waals surface area (Å²) in [5.74, 6) is -0.112. The van der Waals surface area contributed by atoms with Gasteiger partial charge in [-0.2, -0.15) is 0 Å². The second-order valence-corrected chi connectivity index (χ2v) is 3.45. The molecule has 0 aromatic heterocycles. The van der Waals surface area contributed by atoms with Crippen molar-refractivity contribution < 1.29 is 9.59 Å². The van der Waals surface area contributed by atoms with Crippen molar-refractivity contribution >= 4 is 11.7 Å². The van der Waals surface area contributed by atoms with Crippen LogP contribution in [0.5, 0.6) is 0 Å². The molecule has 0 N–H and O–H groups in total. The summed E-state index contributed by atoms with van der Waals surface area (Å²) in [5, 5.41) is 0. The molecule has 0 spiro atoms. The van der Waals surface area contributed by atoms with Gasteiger partial charge in [0.05, 0.1) is 12.5 Å². The lowest BCUT2D eigenvalue weighted by atomic mass is 9.88. The summed E-state index contributed by atoms with van der Waals surface area (Å²) in [6.07, 6.45) is 7.39. The highest BCUT2D eigenvalue weighted by Crippen LogP contribution is 2.24. The van der Waals surface area contributed by atoms with Crippen LogP contribution in [0.25, 0.3) is 0 Å². The summed E-state index contributed by atoms with van der Waals surface area (Å²) in [6.45, 7) is 1.87. The predicted molar refractivity (Wildman–Crippen MR) is 47.7 cm³/mol. The molecule has 0 saturated carbocycles. The van der Waals surface area contributed by atoms with E-state index in [0.29, 0.717) is 0 Å². The lowest BCUT2D eigenvalue weighted by molar-refractivity contribution is -0.141. The Morgan fingerprint density at radius 2 is 2.15 bits per heavy atom. The molecule has 0 radical (unpaired) electrons. The van der Waals surface area contributed by atoms with E-state index in [0.717, 1.165) is 0 Å². The zero-order valence-corrected chi connectivity index (χ0v) is 7.43. The highest BCUT2D eigenvalue weighted by Gasteiger charge is 2.36. The van der Waals surface area contributed by atoms with E-state index in [2.05, 4.69) is 0 Å². The van der Waals surface area contributed by atoms with E-state index >= 15 is 0 Å². The number of piperidine rings is 1. The van der Waals surface area contributed by atoms with E-state index in [1.807, 2.05) is 25.2 Å². The molecule has 2 atom stereocenters. The largest absolute Gasteiger partial charge is 0.311 e.